The van der Waals surface area contributed by atoms with E-state index in [4.69, 9.17) is 14.2 Å². The molecule has 3 heterocycles. The SMILES string of the molecule is COc1ccc2[nH]c3c(c2c1)CCN[C@@H]3C1=C(O)OC(C)(C)OC1=O. The Kier molecular flexibility index (Phi) is 3.43. The first-order valence-electron chi connectivity index (χ1n) is 8.17. The van der Waals surface area contributed by atoms with Crippen LogP contribution in [0.5, 0.6) is 5.75 Å². The molecular weight excluding hydrogens is 324 g/mol. The third-order valence-electron chi connectivity index (χ3n) is 4.58. The minimum absolute atomic E-state index is 0.0822. The first-order chi connectivity index (χ1) is 11.9. The van der Waals surface area contributed by atoms with Crippen LogP contribution in [0.15, 0.2) is 29.7 Å². The number of ether oxygens (including phenoxy) is 3. The van der Waals surface area contributed by atoms with E-state index in [0.29, 0.717) is 6.54 Å². The molecule has 1 aromatic carbocycles. The number of carbonyl (C=O) groups is 1. The first kappa shape index (κ1) is 15.8. The predicted molar refractivity (Wildman–Crippen MR) is 90.2 cm³/mol. The van der Waals surface area contributed by atoms with Gasteiger partial charge in [-0.1, -0.05) is 0 Å². The van der Waals surface area contributed by atoms with Gasteiger partial charge in [-0.3, -0.25) is 0 Å². The van der Waals surface area contributed by atoms with E-state index in [1.54, 1.807) is 21.0 Å². The number of H-pyrrole nitrogens is 1. The van der Waals surface area contributed by atoms with Crippen molar-refractivity contribution in [3.63, 3.8) is 0 Å². The first-order valence-corrected chi connectivity index (χ1v) is 8.17. The third kappa shape index (κ3) is 2.51. The molecule has 0 aliphatic carbocycles. The molecule has 0 radical (unpaired) electrons. The van der Waals surface area contributed by atoms with Crippen LogP contribution in [0.2, 0.25) is 0 Å². The fourth-order valence-electron chi connectivity index (χ4n) is 3.50. The van der Waals surface area contributed by atoms with Crippen molar-refractivity contribution < 1.29 is 24.1 Å². The number of hydrogen-bond donors (Lipinski definition) is 3. The highest BCUT2D eigenvalue weighted by Crippen LogP contribution is 2.38. The summed E-state index contributed by atoms with van der Waals surface area (Å²) in [7, 11) is 1.63. The van der Waals surface area contributed by atoms with Gasteiger partial charge in [-0.05, 0) is 30.2 Å². The van der Waals surface area contributed by atoms with Crippen LogP contribution in [0.4, 0.5) is 0 Å². The number of aromatic amines is 1. The summed E-state index contributed by atoms with van der Waals surface area (Å²) in [5.74, 6) is -1.40. The van der Waals surface area contributed by atoms with Gasteiger partial charge >= 0.3 is 5.97 Å². The number of cyclic esters (lactones) is 1. The standard InChI is InChI=1S/C18H20N2O5/c1-18(2)24-16(21)13(17(22)25-18)15-14-10(6-7-19-15)11-8-9(23-3)4-5-12(11)20-14/h4-5,8,15,19-21H,6-7H2,1-3H3/t15-/m1/s1. The normalized spacial score (nSPS) is 22.4. The number of methoxy groups -OCH3 is 1. The summed E-state index contributed by atoms with van der Waals surface area (Å²) >= 11 is 0. The van der Waals surface area contributed by atoms with E-state index < -0.39 is 23.7 Å². The number of rotatable bonds is 2. The Hall–Kier alpha value is -2.67. The highest BCUT2D eigenvalue weighted by atomic mass is 16.8. The molecule has 7 heteroatoms. The van der Waals surface area contributed by atoms with Gasteiger partial charge in [-0.2, -0.15) is 0 Å². The van der Waals surface area contributed by atoms with Crippen LogP contribution >= 0.6 is 0 Å². The maximum absolute atomic E-state index is 12.5. The van der Waals surface area contributed by atoms with Gasteiger partial charge < -0.3 is 29.6 Å². The molecule has 132 valence electrons. The lowest BCUT2D eigenvalue weighted by molar-refractivity contribution is -0.222. The molecule has 0 bridgehead atoms. The Morgan fingerprint density at radius 2 is 2.12 bits per heavy atom. The molecule has 1 aromatic heterocycles. The zero-order valence-corrected chi connectivity index (χ0v) is 14.3. The molecule has 2 aromatic rings. The lowest BCUT2D eigenvalue weighted by atomic mass is 9.94. The molecule has 0 fully saturated rings. The van der Waals surface area contributed by atoms with Gasteiger partial charge in [0.05, 0.1) is 13.2 Å². The van der Waals surface area contributed by atoms with E-state index in [1.807, 2.05) is 18.2 Å². The second-order valence-corrected chi connectivity index (χ2v) is 6.68. The predicted octanol–water partition coefficient (Wildman–Crippen LogP) is 2.44. The van der Waals surface area contributed by atoms with Crippen molar-refractivity contribution >= 4 is 16.9 Å². The summed E-state index contributed by atoms with van der Waals surface area (Å²) in [4.78, 5) is 15.8. The quantitative estimate of drug-likeness (QED) is 0.725. The number of benzene rings is 1. The molecule has 4 rings (SSSR count). The summed E-state index contributed by atoms with van der Waals surface area (Å²) in [6.07, 6.45) is 0.800. The smallest absolute Gasteiger partial charge is 0.346 e. The largest absolute Gasteiger partial charge is 0.497 e. The molecule has 0 spiro atoms. The van der Waals surface area contributed by atoms with Crippen molar-refractivity contribution in [1.82, 2.24) is 10.3 Å². The number of hydrogen-bond acceptors (Lipinski definition) is 6. The van der Waals surface area contributed by atoms with Crippen molar-refractivity contribution in [3.8, 4) is 5.75 Å². The van der Waals surface area contributed by atoms with Gasteiger partial charge in [0.2, 0.25) is 0 Å². The zero-order chi connectivity index (χ0) is 17.8. The molecule has 3 N–H and O–H groups in total. The van der Waals surface area contributed by atoms with Crippen molar-refractivity contribution in [1.29, 1.82) is 0 Å². The number of carbonyl (C=O) groups excluding carboxylic acids is 1. The summed E-state index contributed by atoms with van der Waals surface area (Å²) in [5.41, 5.74) is 2.95. The highest BCUT2D eigenvalue weighted by molar-refractivity contribution is 5.93. The van der Waals surface area contributed by atoms with Gasteiger partial charge in [0.15, 0.2) is 0 Å². The zero-order valence-electron chi connectivity index (χ0n) is 14.3. The van der Waals surface area contributed by atoms with Crippen LogP contribution in [-0.4, -0.2) is 35.5 Å². The van der Waals surface area contributed by atoms with Gasteiger partial charge in [0.25, 0.3) is 11.7 Å². The maximum atomic E-state index is 12.5. The molecule has 2 aliphatic rings. The van der Waals surface area contributed by atoms with E-state index in [2.05, 4.69) is 10.3 Å². The summed E-state index contributed by atoms with van der Waals surface area (Å²) < 4.78 is 15.9. The maximum Gasteiger partial charge on any atom is 0.346 e. The molecule has 7 nitrogen and oxygen atoms in total. The van der Waals surface area contributed by atoms with Crippen molar-refractivity contribution in [2.24, 2.45) is 0 Å². The Morgan fingerprint density at radius 3 is 2.84 bits per heavy atom. The molecular formula is C18H20N2O5. The van der Waals surface area contributed by atoms with Gasteiger partial charge in [-0.15, -0.1) is 0 Å². The second kappa shape index (κ2) is 5.42. The lowest BCUT2D eigenvalue weighted by Gasteiger charge is -2.34. The van der Waals surface area contributed by atoms with Crippen LogP contribution in [0.3, 0.4) is 0 Å². The highest BCUT2D eigenvalue weighted by Gasteiger charge is 2.42. The Balaban J connectivity index is 1.84. The Labute approximate surface area is 144 Å². The molecule has 1 atom stereocenters. The number of aromatic nitrogens is 1. The number of esters is 1. The molecule has 0 amide bonds. The molecule has 0 unspecified atom stereocenters. The van der Waals surface area contributed by atoms with Crippen molar-refractivity contribution in [2.45, 2.75) is 32.1 Å². The Bertz CT molecular complexity index is 896. The topological polar surface area (TPSA) is 92.8 Å². The van der Waals surface area contributed by atoms with E-state index in [-0.39, 0.29) is 5.57 Å². The fourth-order valence-corrected chi connectivity index (χ4v) is 3.50. The minimum Gasteiger partial charge on any atom is -0.497 e. The van der Waals surface area contributed by atoms with Gasteiger partial charge in [0.1, 0.15) is 11.3 Å². The monoisotopic (exact) mass is 344 g/mol. The molecule has 25 heavy (non-hydrogen) atoms. The second-order valence-electron chi connectivity index (χ2n) is 6.68. The van der Waals surface area contributed by atoms with Crippen LogP contribution < -0.4 is 10.1 Å². The average molecular weight is 344 g/mol. The van der Waals surface area contributed by atoms with Gasteiger partial charge in [0, 0.05) is 37.0 Å². The molecule has 0 saturated carbocycles. The van der Waals surface area contributed by atoms with Crippen molar-refractivity contribution in [3.05, 3.63) is 41.0 Å². The number of fused-ring (bicyclic) bond motifs is 3. The van der Waals surface area contributed by atoms with Crippen LogP contribution in [-0.2, 0) is 20.7 Å². The van der Waals surface area contributed by atoms with E-state index in [9.17, 15) is 9.90 Å². The molecule has 0 saturated heterocycles. The summed E-state index contributed by atoms with van der Waals surface area (Å²) in [6, 6.07) is 5.27. The third-order valence-corrected chi connectivity index (χ3v) is 4.58. The Morgan fingerprint density at radius 1 is 1.32 bits per heavy atom. The van der Waals surface area contributed by atoms with Crippen LogP contribution in [0, 0.1) is 0 Å². The number of nitrogens with one attached hydrogen (secondary N) is 2. The van der Waals surface area contributed by atoms with Crippen LogP contribution in [0.25, 0.3) is 10.9 Å². The van der Waals surface area contributed by atoms with Crippen molar-refractivity contribution in [2.75, 3.05) is 13.7 Å². The van der Waals surface area contributed by atoms with E-state index >= 15 is 0 Å². The summed E-state index contributed by atoms with van der Waals surface area (Å²) in [5, 5.41) is 14.6. The van der Waals surface area contributed by atoms with E-state index in [1.165, 1.54) is 0 Å². The lowest BCUT2D eigenvalue weighted by Crippen LogP contribution is -2.42. The fraction of sp³-hybridized carbons (Fsp3) is 0.389. The number of aliphatic hydroxyl groups excluding tert-OH is 1. The van der Waals surface area contributed by atoms with E-state index in [0.717, 1.165) is 34.3 Å². The molecule has 2 aliphatic heterocycles. The van der Waals surface area contributed by atoms with Crippen LogP contribution in [0.1, 0.15) is 31.1 Å². The summed E-state index contributed by atoms with van der Waals surface area (Å²) in [6.45, 7) is 3.81. The number of aliphatic hydroxyl groups is 1. The van der Waals surface area contributed by atoms with Gasteiger partial charge in [-0.25, -0.2) is 4.79 Å². The minimum atomic E-state index is -1.18. The average Bonchev–Trinajstić information content (AvgIpc) is 2.91.